The minimum absolute atomic E-state index is 0.00134. The van der Waals surface area contributed by atoms with Gasteiger partial charge in [-0.15, -0.1) is 0 Å². The fraction of sp³-hybridized carbons (Fsp3) is 0.769. The number of carbonyl (C=O) groups is 5. The van der Waals surface area contributed by atoms with Crippen molar-refractivity contribution in [1.29, 1.82) is 0 Å². The number of hydrogen-bond acceptors (Lipinski definition) is 14. The molecule has 1 saturated heterocycles. The molecule has 17 nitrogen and oxygen atoms in total. The molecule has 1 heterocycles. The van der Waals surface area contributed by atoms with Gasteiger partial charge in [0.05, 0.1) is 60.1 Å². The average molecular weight is 1040 g/mol. The predicted octanol–water partition coefficient (Wildman–Crippen LogP) is 7.36. The third-order valence-electron chi connectivity index (χ3n) is 13.2. The fourth-order valence-electron chi connectivity index (χ4n) is 8.91. The Balaban J connectivity index is 0.00000818. The zero-order valence-electron chi connectivity index (χ0n) is 46.1. The summed E-state index contributed by atoms with van der Waals surface area (Å²) in [6.45, 7) is 23.5. The number of benzene rings is 1. The molecule has 11 unspecified atom stereocenters. The van der Waals surface area contributed by atoms with Crippen molar-refractivity contribution in [1.82, 2.24) is 25.3 Å². The van der Waals surface area contributed by atoms with Crippen molar-refractivity contribution in [3.05, 3.63) is 35.9 Å². The molecule has 1 aromatic rings. The van der Waals surface area contributed by atoms with E-state index in [0.29, 0.717) is 31.4 Å². The molecule has 1 aliphatic rings. The first-order valence-electron chi connectivity index (χ1n) is 25.6. The summed E-state index contributed by atoms with van der Waals surface area (Å²) < 4.78 is 17.1. The van der Waals surface area contributed by atoms with Gasteiger partial charge in [0.1, 0.15) is 17.7 Å². The molecule has 1 aliphatic heterocycles. The van der Waals surface area contributed by atoms with Gasteiger partial charge in [0.2, 0.25) is 23.6 Å². The number of methoxy groups -OCH3 is 2. The van der Waals surface area contributed by atoms with E-state index in [0.717, 1.165) is 24.3 Å². The van der Waals surface area contributed by atoms with Gasteiger partial charge in [0.15, 0.2) is 0 Å². The number of carbonyl (C=O) groups excluding carboxylic acids is 5. The number of nitrogens with one attached hydrogen (secondary N) is 2. The van der Waals surface area contributed by atoms with E-state index < -0.39 is 65.0 Å². The van der Waals surface area contributed by atoms with Crippen LogP contribution in [0.3, 0.4) is 0 Å². The van der Waals surface area contributed by atoms with Crippen LogP contribution in [0.4, 0.5) is 4.79 Å². The van der Waals surface area contributed by atoms with Gasteiger partial charge < -0.3 is 51.3 Å². The number of nitrogens with two attached hydrogens (primary N) is 2. The highest BCUT2D eigenvalue weighted by molar-refractivity contribution is 8.82. The number of likely N-dealkylation sites (tertiary alicyclic amines) is 1. The van der Waals surface area contributed by atoms with E-state index in [2.05, 4.69) is 36.5 Å². The van der Waals surface area contributed by atoms with Crippen molar-refractivity contribution < 1.29 is 43.3 Å². The highest BCUT2D eigenvalue weighted by Gasteiger charge is 2.43. The van der Waals surface area contributed by atoms with Crippen molar-refractivity contribution in [2.45, 2.75) is 188 Å². The first-order chi connectivity index (χ1) is 33.4. The Morgan fingerprint density at radius 3 is 2.08 bits per heavy atom. The molecular weight excluding hydrogens is 945 g/mol. The molecule has 0 bridgehead atoms. The lowest BCUT2D eigenvalue weighted by molar-refractivity contribution is -0.146. The smallest absolute Gasteiger partial charge is 0.410 e. The molecule has 0 aromatic heterocycles. The molecule has 0 spiro atoms. The summed E-state index contributed by atoms with van der Waals surface area (Å²) in [5.74, 6) is 3.53. The molecule has 408 valence electrons. The van der Waals surface area contributed by atoms with E-state index in [4.69, 9.17) is 25.8 Å². The van der Waals surface area contributed by atoms with E-state index in [-0.39, 0.29) is 61.2 Å². The van der Waals surface area contributed by atoms with Gasteiger partial charge in [-0.2, -0.15) is 5.10 Å². The molecule has 0 radical (unpaired) electrons. The van der Waals surface area contributed by atoms with Crippen LogP contribution in [-0.4, -0.2) is 150 Å². The van der Waals surface area contributed by atoms with E-state index in [1.807, 2.05) is 66.7 Å². The minimum atomic E-state index is -0.937. The van der Waals surface area contributed by atoms with Gasteiger partial charge in [0.25, 0.3) is 0 Å². The molecule has 5 amide bonds. The third-order valence-corrected chi connectivity index (χ3v) is 16.5. The van der Waals surface area contributed by atoms with E-state index in [9.17, 15) is 29.1 Å². The number of aliphatic hydroxyl groups is 1. The predicted molar refractivity (Wildman–Crippen MR) is 289 cm³/mol. The van der Waals surface area contributed by atoms with Crippen molar-refractivity contribution in [3.63, 3.8) is 0 Å². The number of aliphatic hydroxyl groups excluding tert-OH is 1. The van der Waals surface area contributed by atoms with Gasteiger partial charge in [-0.25, -0.2) is 4.79 Å². The summed E-state index contributed by atoms with van der Waals surface area (Å²) in [5, 5.41) is 21.3. The van der Waals surface area contributed by atoms with Crippen LogP contribution in [0.2, 0.25) is 0 Å². The zero-order valence-corrected chi connectivity index (χ0v) is 47.7. The van der Waals surface area contributed by atoms with Crippen LogP contribution in [0, 0.1) is 23.7 Å². The lowest BCUT2D eigenvalue weighted by Gasteiger charge is -2.39. The maximum atomic E-state index is 14.2. The topological polar surface area (TPSA) is 231 Å². The molecule has 2 rings (SSSR count). The van der Waals surface area contributed by atoms with Crippen LogP contribution >= 0.6 is 21.6 Å². The summed E-state index contributed by atoms with van der Waals surface area (Å²) in [5.41, 5.74) is 6.89. The Labute approximate surface area is 435 Å². The fourth-order valence-corrected chi connectivity index (χ4v) is 11.1. The van der Waals surface area contributed by atoms with Crippen molar-refractivity contribution in [2.24, 2.45) is 40.3 Å². The van der Waals surface area contributed by atoms with Crippen LogP contribution in [-0.2, 0) is 33.4 Å². The van der Waals surface area contributed by atoms with Crippen LogP contribution < -0.4 is 22.2 Å². The Kier molecular flexibility index (Phi) is 30.6. The average Bonchev–Trinajstić information content (AvgIpc) is 3.83. The van der Waals surface area contributed by atoms with E-state index in [1.54, 1.807) is 37.9 Å². The Hall–Kier alpha value is -3.62. The lowest BCUT2D eigenvalue weighted by Crippen LogP contribution is -2.56. The third kappa shape index (κ3) is 21.0. The Morgan fingerprint density at radius 2 is 1.56 bits per heavy atom. The second kappa shape index (κ2) is 33.2. The monoisotopic (exact) mass is 1040 g/mol. The van der Waals surface area contributed by atoms with E-state index in [1.165, 1.54) is 59.1 Å². The molecule has 0 saturated carbocycles. The molecular formula is C52H94N8O9S2. The molecule has 19 heteroatoms. The Bertz CT molecular complexity index is 1780. The van der Waals surface area contributed by atoms with Gasteiger partial charge in [-0.05, 0) is 81.1 Å². The number of rotatable bonds is 28. The summed E-state index contributed by atoms with van der Waals surface area (Å²) >= 11 is 0. The summed E-state index contributed by atoms with van der Waals surface area (Å²) in [6.07, 6.45) is 2.98. The van der Waals surface area contributed by atoms with Gasteiger partial charge in [-0.3, -0.25) is 24.1 Å². The molecule has 71 heavy (non-hydrogen) atoms. The van der Waals surface area contributed by atoms with Gasteiger partial charge >= 0.3 is 6.09 Å². The number of amides is 5. The standard InChI is InChI=1S/C49H86N8O9S2.C3H8/c1-15-21-36(33(7)50)26-39(54-51)67-68-49(9,10)29-66-48(63)56(12)42(30(3)4)47(62)52-28-41(59)55(11)43(31(5)16-2)38(64-13)27-40(58)57-25-20-24-37(57)45(65-14)32(6)46(61)53-34(8)44(60)35-22-18-17-19-23-35;1-3-2/h17-19,22-23,30-34,36-38,42-45,60H,15-16,20-21,24-29,50-51H2,1-14H3,(H,52,62)(H,53,61);3H2,1-2H3/b54-39+;. The molecule has 1 fully saturated rings. The molecule has 7 N–H and O–H groups in total. The van der Waals surface area contributed by atoms with Crippen molar-refractivity contribution in [2.75, 3.05) is 48.0 Å². The van der Waals surface area contributed by atoms with Crippen LogP contribution in [0.1, 0.15) is 146 Å². The number of hydrazone groups is 1. The minimum Gasteiger partial charge on any atom is -0.448 e. The Morgan fingerprint density at radius 1 is 0.944 bits per heavy atom. The lowest BCUT2D eigenvalue weighted by atomic mass is 9.90. The first-order valence-corrected chi connectivity index (χ1v) is 27.8. The number of nitrogens with zero attached hydrogens (tertiary/aromatic N) is 4. The quantitative estimate of drug-likeness (QED) is 0.0182. The van der Waals surface area contributed by atoms with Crippen LogP contribution in [0.15, 0.2) is 35.4 Å². The molecule has 11 atom stereocenters. The van der Waals surface area contributed by atoms with Crippen molar-refractivity contribution in [3.8, 4) is 0 Å². The summed E-state index contributed by atoms with van der Waals surface area (Å²) in [6, 6.07) is 6.70. The maximum absolute atomic E-state index is 14.2. The SMILES string of the molecule is CCC.CCCC(C/C(=N\N)SSC(C)(C)COC(=O)N(C)C(C(=O)NCC(=O)N(C)C(C(C)CC)C(CC(=O)N1CCCC1C(OC)C(C)C(=O)NC(C)C(O)c1ccccc1)OC)C(C)C)C(C)N. The summed E-state index contributed by atoms with van der Waals surface area (Å²) in [4.78, 5) is 73.4. The summed E-state index contributed by atoms with van der Waals surface area (Å²) in [7, 11) is 9.13. The number of likely N-dealkylation sites (N-methyl/N-ethyl adjacent to an activating group) is 2. The van der Waals surface area contributed by atoms with Crippen LogP contribution in [0.5, 0.6) is 0 Å². The second-order valence-corrected chi connectivity index (χ2v) is 23.0. The normalized spacial score (nSPS) is 18.3. The molecule has 1 aromatic carbocycles. The highest BCUT2D eigenvalue weighted by atomic mass is 33.1. The number of ether oxygens (including phenoxy) is 3. The number of hydrogen-bond donors (Lipinski definition) is 5. The van der Waals surface area contributed by atoms with E-state index >= 15 is 0 Å². The second-order valence-electron chi connectivity index (χ2n) is 20.1. The molecule has 0 aliphatic carbocycles. The van der Waals surface area contributed by atoms with Gasteiger partial charge in [-0.1, -0.05) is 116 Å². The van der Waals surface area contributed by atoms with Gasteiger partial charge in [0, 0.05) is 47.3 Å². The van der Waals surface area contributed by atoms with Crippen LogP contribution in [0.25, 0.3) is 0 Å². The maximum Gasteiger partial charge on any atom is 0.410 e. The largest absolute Gasteiger partial charge is 0.448 e. The van der Waals surface area contributed by atoms with Crippen molar-refractivity contribution >= 4 is 56.4 Å². The highest BCUT2D eigenvalue weighted by Crippen LogP contribution is 2.39. The first kappa shape index (κ1) is 65.4. The zero-order chi connectivity index (χ0) is 54.2.